The van der Waals surface area contributed by atoms with Crippen molar-refractivity contribution >= 4 is 0 Å². The Morgan fingerprint density at radius 2 is 2.54 bits per heavy atom. The second-order valence-electron chi connectivity index (χ2n) is 2.73. The van der Waals surface area contributed by atoms with E-state index < -0.39 is 6.04 Å². The predicted molar refractivity (Wildman–Crippen MR) is 44.5 cm³/mol. The molecule has 0 bridgehead atoms. The van der Waals surface area contributed by atoms with Crippen molar-refractivity contribution in [2.75, 3.05) is 26.5 Å². The first-order chi connectivity index (χ1) is 6.24. The van der Waals surface area contributed by atoms with Gasteiger partial charge < -0.3 is 14.7 Å². The first-order valence-electron chi connectivity index (χ1n) is 3.98. The van der Waals surface area contributed by atoms with Crippen molar-refractivity contribution in [1.82, 2.24) is 4.90 Å². The number of hydrogen-bond acceptors (Lipinski definition) is 5. The molecule has 1 rings (SSSR count). The molecule has 6 nitrogen and oxygen atoms in total. The molecule has 74 valence electrons. The van der Waals surface area contributed by atoms with E-state index in [2.05, 4.69) is 0 Å². The molecule has 0 saturated carbocycles. The molecule has 0 amide bonds. The molecule has 1 heterocycles. The van der Waals surface area contributed by atoms with Crippen LogP contribution in [0.2, 0.25) is 0 Å². The fourth-order valence-electron chi connectivity index (χ4n) is 1.06. The molecule has 0 aromatic carbocycles. The van der Waals surface area contributed by atoms with Gasteiger partial charge in [0.05, 0.1) is 19.8 Å². The third-order valence-electron chi connectivity index (χ3n) is 1.70. The fraction of sp³-hybridized carbons (Fsp3) is 0.714. The van der Waals surface area contributed by atoms with E-state index in [-0.39, 0.29) is 18.1 Å². The van der Waals surface area contributed by atoms with Gasteiger partial charge in [0.2, 0.25) is 6.04 Å². The maximum atomic E-state index is 10.3. The minimum Gasteiger partial charge on any atom is -0.394 e. The smallest absolute Gasteiger partial charge is 0.250 e. The Morgan fingerprint density at radius 3 is 3.08 bits per heavy atom. The number of hydrogen-bond donors (Lipinski definition) is 1. The molecule has 1 N–H and O–H groups in total. The summed E-state index contributed by atoms with van der Waals surface area (Å²) in [4.78, 5) is 11.7. The van der Waals surface area contributed by atoms with E-state index in [0.29, 0.717) is 13.3 Å². The van der Waals surface area contributed by atoms with E-state index in [1.807, 2.05) is 0 Å². The van der Waals surface area contributed by atoms with Crippen LogP contribution >= 0.6 is 0 Å². The first kappa shape index (κ1) is 9.94. The summed E-state index contributed by atoms with van der Waals surface area (Å²) in [6.07, 6.45) is 3.17. The number of ether oxygens (including phenoxy) is 1. The summed E-state index contributed by atoms with van der Waals surface area (Å²) in [5, 5.41) is 18.7. The van der Waals surface area contributed by atoms with Crippen LogP contribution in [0.4, 0.5) is 0 Å². The minimum absolute atomic E-state index is 0.0315. The van der Waals surface area contributed by atoms with E-state index in [1.165, 1.54) is 6.08 Å². The lowest BCUT2D eigenvalue weighted by Gasteiger charge is -2.14. The van der Waals surface area contributed by atoms with Gasteiger partial charge in [-0.15, -0.1) is 0 Å². The van der Waals surface area contributed by atoms with E-state index in [4.69, 9.17) is 9.84 Å². The van der Waals surface area contributed by atoms with Crippen LogP contribution in [0.15, 0.2) is 12.3 Å². The van der Waals surface area contributed by atoms with Crippen molar-refractivity contribution in [3.63, 3.8) is 0 Å². The van der Waals surface area contributed by atoms with Crippen molar-refractivity contribution in [1.29, 1.82) is 0 Å². The van der Waals surface area contributed by atoms with Gasteiger partial charge in [-0.25, -0.2) is 0 Å². The SMILES string of the molecule is O=[N+]([O-])C1C=CN(COCCO)C1. The molecule has 0 aliphatic carbocycles. The van der Waals surface area contributed by atoms with E-state index >= 15 is 0 Å². The fourth-order valence-corrected chi connectivity index (χ4v) is 1.06. The molecular formula is C7H12N2O4. The lowest BCUT2D eigenvalue weighted by Crippen LogP contribution is -2.28. The van der Waals surface area contributed by atoms with Crippen LogP contribution < -0.4 is 0 Å². The highest BCUT2D eigenvalue weighted by atomic mass is 16.6. The largest absolute Gasteiger partial charge is 0.394 e. The summed E-state index contributed by atoms with van der Waals surface area (Å²) in [5.41, 5.74) is 0. The maximum absolute atomic E-state index is 10.3. The van der Waals surface area contributed by atoms with Gasteiger partial charge in [0, 0.05) is 17.2 Å². The Labute approximate surface area is 75.6 Å². The Balaban J connectivity index is 2.19. The summed E-state index contributed by atoms with van der Waals surface area (Å²) >= 11 is 0. The van der Waals surface area contributed by atoms with Gasteiger partial charge in [0.25, 0.3) is 0 Å². The second kappa shape index (κ2) is 4.78. The Bertz CT molecular complexity index is 207. The molecule has 1 aliphatic rings. The Hall–Kier alpha value is -1.14. The quantitative estimate of drug-likeness (QED) is 0.355. The molecule has 1 unspecified atom stereocenters. The van der Waals surface area contributed by atoms with Crippen LogP contribution in [0.1, 0.15) is 0 Å². The van der Waals surface area contributed by atoms with Crippen LogP contribution in [0.25, 0.3) is 0 Å². The van der Waals surface area contributed by atoms with E-state index in [0.717, 1.165) is 0 Å². The molecule has 1 aliphatic heterocycles. The number of nitrogens with zero attached hydrogens (tertiary/aromatic N) is 2. The van der Waals surface area contributed by atoms with Crippen LogP contribution in [0.5, 0.6) is 0 Å². The molecule has 13 heavy (non-hydrogen) atoms. The summed E-state index contributed by atoms with van der Waals surface area (Å²) in [6, 6.07) is -0.627. The minimum atomic E-state index is -0.627. The number of nitro groups is 1. The predicted octanol–water partition coefficient (Wildman–Crippen LogP) is -0.573. The van der Waals surface area contributed by atoms with Gasteiger partial charge in [-0.05, 0) is 0 Å². The van der Waals surface area contributed by atoms with Crippen molar-refractivity contribution in [3.05, 3.63) is 22.4 Å². The summed E-state index contributed by atoms with van der Waals surface area (Å²) < 4.78 is 5.00. The zero-order valence-corrected chi connectivity index (χ0v) is 7.13. The zero-order chi connectivity index (χ0) is 9.68. The summed E-state index contributed by atoms with van der Waals surface area (Å²) in [5.74, 6) is 0. The summed E-state index contributed by atoms with van der Waals surface area (Å²) in [7, 11) is 0. The molecule has 0 aromatic heterocycles. The average Bonchev–Trinajstić information content (AvgIpc) is 2.53. The second-order valence-corrected chi connectivity index (χ2v) is 2.73. The molecule has 1 atom stereocenters. The van der Waals surface area contributed by atoms with Crippen LogP contribution in [-0.4, -0.2) is 47.5 Å². The van der Waals surface area contributed by atoms with E-state index in [9.17, 15) is 10.1 Å². The monoisotopic (exact) mass is 188 g/mol. The standard InChI is InChI=1S/C7H12N2O4/c10-3-4-13-6-8-2-1-7(5-8)9(11)12/h1-2,7,10H,3-6H2. The van der Waals surface area contributed by atoms with Crippen molar-refractivity contribution in [2.24, 2.45) is 0 Å². The lowest BCUT2D eigenvalue weighted by molar-refractivity contribution is -0.507. The average molecular weight is 188 g/mol. The first-order valence-corrected chi connectivity index (χ1v) is 3.98. The molecule has 0 fully saturated rings. The van der Waals surface area contributed by atoms with Crippen LogP contribution in [0, 0.1) is 10.1 Å². The lowest BCUT2D eigenvalue weighted by atomic mass is 10.3. The highest BCUT2D eigenvalue weighted by molar-refractivity contribution is 4.97. The molecule has 0 spiro atoms. The van der Waals surface area contributed by atoms with Gasteiger partial charge in [0.15, 0.2) is 0 Å². The highest BCUT2D eigenvalue weighted by Crippen LogP contribution is 2.07. The third-order valence-corrected chi connectivity index (χ3v) is 1.70. The van der Waals surface area contributed by atoms with Gasteiger partial charge >= 0.3 is 0 Å². The molecule has 0 saturated heterocycles. The topological polar surface area (TPSA) is 75.8 Å². The zero-order valence-electron chi connectivity index (χ0n) is 7.13. The van der Waals surface area contributed by atoms with Crippen LogP contribution in [-0.2, 0) is 4.74 Å². The number of rotatable bonds is 5. The van der Waals surface area contributed by atoms with Gasteiger partial charge in [-0.3, -0.25) is 10.1 Å². The van der Waals surface area contributed by atoms with Gasteiger partial charge in [0.1, 0.15) is 6.73 Å². The van der Waals surface area contributed by atoms with E-state index in [1.54, 1.807) is 11.1 Å². The number of aliphatic hydroxyl groups is 1. The van der Waals surface area contributed by atoms with Crippen molar-refractivity contribution in [3.8, 4) is 0 Å². The third kappa shape index (κ3) is 3.00. The summed E-state index contributed by atoms with van der Waals surface area (Å²) in [6.45, 7) is 0.865. The molecular weight excluding hydrogens is 176 g/mol. The Kier molecular flexibility index (Phi) is 3.66. The molecule has 6 heteroatoms. The molecule has 0 aromatic rings. The molecule has 0 radical (unpaired) electrons. The van der Waals surface area contributed by atoms with Crippen molar-refractivity contribution in [2.45, 2.75) is 6.04 Å². The van der Waals surface area contributed by atoms with Gasteiger partial charge in [-0.1, -0.05) is 0 Å². The van der Waals surface area contributed by atoms with Gasteiger partial charge in [-0.2, -0.15) is 0 Å². The maximum Gasteiger partial charge on any atom is 0.250 e. The Morgan fingerprint density at radius 1 is 1.77 bits per heavy atom. The van der Waals surface area contributed by atoms with Crippen LogP contribution in [0.3, 0.4) is 0 Å². The number of aliphatic hydroxyl groups excluding tert-OH is 1. The highest BCUT2D eigenvalue weighted by Gasteiger charge is 2.24. The normalized spacial score (nSPS) is 21.0. The van der Waals surface area contributed by atoms with Crippen molar-refractivity contribution < 1.29 is 14.8 Å².